The number of allylic oxidation sites excluding steroid dienone is 17. The Morgan fingerprint density at radius 1 is 0.468 bits per heavy atom. The topological polar surface area (TPSA) is 12.4 Å². The smallest absolute Gasteiger partial charge is 0.0448 e. The molecule has 0 saturated heterocycles. The average molecular weight is 1020 g/mol. The van der Waals surface area contributed by atoms with Crippen LogP contribution in [0.1, 0.15) is 70.3 Å². The molecular formula is C78H73N. The molecule has 79 heavy (non-hydrogen) atoms. The Bertz CT molecular complexity index is 3430. The first-order valence-electron chi connectivity index (χ1n) is 26.9. The van der Waals surface area contributed by atoms with E-state index >= 15 is 0 Å². The first kappa shape index (κ1) is 58.6. The van der Waals surface area contributed by atoms with E-state index in [0.29, 0.717) is 6.42 Å². The van der Waals surface area contributed by atoms with E-state index < -0.39 is 0 Å². The van der Waals surface area contributed by atoms with Crippen molar-refractivity contribution < 1.29 is 0 Å². The summed E-state index contributed by atoms with van der Waals surface area (Å²) < 4.78 is 0. The lowest BCUT2D eigenvalue weighted by Crippen LogP contribution is -1.94. The highest BCUT2D eigenvalue weighted by Gasteiger charge is 2.08. The molecule has 0 aromatic heterocycles. The van der Waals surface area contributed by atoms with Crippen LogP contribution in [0.2, 0.25) is 0 Å². The van der Waals surface area contributed by atoms with E-state index in [1.165, 1.54) is 44.5 Å². The first-order valence-corrected chi connectivity index (χ1v) is 26.9. The minimum Gasteiger partial charge on any atom is -0.258 e. The molecule has 0 N–H and O–H groups in total. The van der Waals surface area contributed by atoms with Crippen LogP contribution in [-0.2, 0) is 19.3 Å². The largest absolute Gasteiger partial charge is 0.258 e. The monoisotopic (exact) mass is 1020 g/mol. The zero-order chi connectivity index (χ0) is 55.7. The Morgan fingerprint density at radius 2 is 1.03 bits per heavy atom. The summed E-state index contributed by atoms with van der Waals surface area (Å²) in [5, 5.41) is 0. The van der Waals surface area contributed by atoms with Crippen molar-refractivity contribution in [1.82, 2.24) is 0 Å². The fraction of sp³-hybridized carbons (Fsp3) is 0.0897. The van der Waals surface area contributed by atoms with Crippen LogP contribution in [0.3, 0.4) is 0 Å². The highest BCUT2D eigenvalue weighted by molar-refractivity contribution is 5.99. The molecule has 8 rings (SSSR count). The molecule has 0 atom stereocenters. The maximum atomic E-state index is 5.50. The molecule has 1 nitrogen and oxygen atoms in total. The highest BCUT2D eigenvalue weighted by atomic mass is 14.7. The van der Waals surface area contributed by atoms with Gasteiger partial charge in [0.15, 0.2) is 0 Å². The highest BCUT2D eigenvalue weighted by Crippen LogP contribution is 2.29. The van der Waals surface area contributed by atoms with Gasteiger partial charge in [0.25, 0.3) is 0 Å². The standard InChI is InChI=1S/C44H39N.C28H28.C6H6/c1-5-37(40-26-28-41(29-27-40)39-20-13-8-14-21-39)31-44(25-24-36-16-9-6-10-17-36)43-23-15-22-42(32-43)33(2)30-34(3)45-35(4)38-18-11-7-12-19-38;1-4-6-8-9-11-17-26-21-24(3)22-28(23-26)27(19-7-5-2)20-14-18-25-15-12-10-13-16-25;1-2-4-6-5-3-1/h5-23,25-32H,1-2,24H2,3-4H3;2,4,6,8-16,19-23H,1,7,17-18H2,3H3;1-6H/b34-30-,37-31+,44-25+,45-35?;8-6-,11-9-,20-14-,27-19+;. The number of rotatable bonds is 20. The number of aliphatic imine (C=N–C) groups is 1. The van der Waals surface area contributed by atoms with E-state index in [4.69, 9.17) is 11.4 Å². The Morgan fingerprint density at radius 3 is 1.65 bits per heavy atom. The molecule has 390 valence electrons. The van der Waals surface area contributed by atoms with Gasteiger partial charge in [0, 0.05) is 17.8 Å². The maximum Gasteiger partial charge on any atom is 0.0448 e. The van der Waals surface area contributed by atoms with Crippen LogP contribution in [0.15, 0.2) is 328 Å². The van der Waals surface area contributed by atoms with Gasteiger partial charge in [-0.3, -0.25) is 4.99 Å². The molecular weight excluding hydrogens is 951 g/mol. The van der Waals surface area contributed by atoms with Crippen molar-refractivity contribution in [2.45, 2.75) is 46.5 Å². The molecule has 0 amide bonds. The molecule has 8 aromatic rings. The SMILES string of the molecule is C#CC/C=C(\C=C/Cc1ccccc1)c1cc(C)cc(C/C=C\C=C/C=C)c1.C=C/C(=C\C(=C/Cc1ccccc1)c1cccc(C(=C)/C=C(/C)N=C(C)c2ccccc2)c1)c1ccc(-c2ccccc2)cc1.c1ccccc1. The molecule has 0 aliphatic rings. The van der Waals surface area contributed by atoms with Crippen LogP contribution < -0.4 is 0 Å². The Balaban J connectivity index is 0.000000251. The number of aryl methyl sites for hydroxylation is 1. The predicted molar refractivity (Wildman–Crippen MR) is 347 cm³/mol. The zero-order valence-corrected chi connectivity index (χ0v) is 46.3. The van der Waals surface area contributed by atoms with E-state index in [1.807, 2.05) is 98.8 Å². The van der Waals surface area contributed by atoms with Crippen molar-refractivity contribution in [3.05, 3.63) is 373 Å². The van der Waals surface area contributed by atoms with Crippen molar-refractivity contribution in [3.63, 3.8) is 0 Å². The Kier molecular flexibility index (Phi) is 24.8. The van der Waals surface area contributed by atoms with Gasteiger partial charge in [0.2, 0.25) is 0 Å². The number of terminal acetylenes is 1. The van der Waals surface area contributed by atoms with Crippen molar-refractivity contribution in [2.24, 2.45) is 4.99 Å². The van der Waals surface area contributed by atoms with Gasteiger partial charge >= 0.3 is 0 Å². The van der Waals surface area contributed by atoms with Crippen molar-refractivity contribution >= 4 is 28.0 Å². The fourth-order valence-electron chi connectivity index (χ4n) is 8.63. The molecule has 0 fully saturated rings. The molecule has 0 bridgehead atoms. The zero-order valence-electron chi connectivity index (χ0n) is 46.3. The summed E-state index contributed by atoms with van der Waals surface area (Å²) in [5.74, 6) is 2.72. The lowest BCUT2D eigenvalue weighted by Gasteiger charge is -2.11. The van der Waals surface area contributed by atoms with Gasteiger partial charge in [-0.15, -0.1) is 12.3 Å². The minimum atomic E-state index is 0.626. The third-order valence-corrected chi connectivity index (χ3v) is 12.7. The van der Waals surface area contributed by atoms with Crippen molar-refractivity contribution in [2.75, 3.05) is 0 Å². The van der Waals surface area contributed by atoms with Gasteiger partial charge < -0.3 is 0 Å². The average Bonchev–Trinajstić information content (AvgIpc) is 3.51. The van der Waals surface area contributed by atoms with Crippen LogP contribution in [0.4, 0.5) is 0 Å². The van der Waals surface area contributed by atoms with E-state index in [2.05, 4.69) is 239 Å². The fourth-order valence-corrected chi connectivity index (χ4v) is 8.63. The second-order valence-electron chi connectivity index (χ2n) is 18.8. The minimum absolute atomic E-state index is 0.626. The van der Waals surface area contributed by atoms with Crippen LogP contribution in [0.5, 0.6) is 0 Å². The van der Waals surface area contributed by atoms with Gasteiger partial charge in [-0.1, -0.05) is 304 Å². The molecule has 0 spiro atoms. The van der Waals surface area contributed by atoms with E-state index in [1.54, 1.807) is 6.08 Å². The summed E-state index contributed by atoms with van der Waals surface area (Å²) in [6.07, 6.45) is 33.7. The van der Waals surface area contributed by atoms with Crippen LogP contribution in [-0.4, -0.2) is 5.71 Å². The second-order valence-corrected chi connectivity index (χ2v) is 18.8. The third-order valence-electron chi connectivity index (χ3n) is 12.7. The molecule has 0 heterocycles. The van der Waals surface area contributed by atoms with Crippen LogP contribution in [0.25, 0.3) is 33.4 Å². The van der Waals surface area contributed by atoms with Gasteiger partial charge in [0.05, 0.1) is 0 Å². The second kappa shape index (κ2) is 33.4. The number of hydrogen-bond acceptors (Lipinski definition) is 1. The summed E-state index contributed by atoms with van der Waals surface area (Å²) in [7, 11) is 0. The molecule has 0 aliphatic heterocycles. The normalized spacial score (nSPS) is 12.1. The Labute approximate surface area is 473 Å². The van der Waals surface area contributed by atoms with Crippen molar-refractivity contribution in [1.29, 1.82) is 0 Å². The Hall–Kier alpha value is -9.61. The molecule has 8 aromatic carbocycles. The molecule has 1 heteroatoms. The van der Waals surface area contributed by atoms with E-state index in [-0.39, 0.29) is 0 Å². The molecule has 0 unspecified atom stereocenters. The van der Waals surface area contributed by atoms with Gasteiger partial charge in [-0.05, 0) is 136 Å². The van der Waals surface area contributed by atoms with Crippen LogP contribution in [0, 0.1) is 19.3 Å². The summed E-state index contributed by atoms with van der Waals surface area (Å²) in [6.45, 7) is 18.5. The van der Waals surface area contributed by atoms with Crippen molar-refractivity contribution in [3.8, 4) is 23.5 Å². The number of benzene rings is 8. The van der Waals surface area contributed by atoms with Gasteiger partial charge in [0.1, 0.15) is 0 Å². The maximum absolute atomic E-state index is 5.50. The van der Waals surface area contributed by atoms with Gasteiger partial charge in [-0.2, -0.15) is 0 Å². The summed E-state index contributed by atoms with van der Waals surface area (Å²) in [4.78, 5) is 4.83. The first-order chi connectivity index (χ1) is 38.7. The summed E-state index contributed by atoms with van der Waals surface area (Å²) in [5.41, 5.74) is 19.4. The summed E-state index contributed by atoms with van der Waals surface area (Å²) >= 11 is 0. The third kappa shape index (κ3) is 20.8. The van der Waals surface area contributed by atoms with E-state index in [0.717, 1.165) is 69.6 Å². The molecule has 0 saturated carbocycles. The molecule has 0 radical (unpaired) electrons. The van der Waals surface area contributed by atoms with Gasteiger partial charge in [-0.25, -0.2) is 0 Å². The predicted octanol–water partition coefficient (Wildman–Crippen LogP) is 20.4. The van der Waals surface area contributed by atoms with E-state index in [9.17, 15) is 0 Å². The lowest BCUT2D eigenvalue weighted by atomic mass is 9.94. The lowest BCUT2D eigenvalue weighted by molar-refractivity contribution is 1.24. The number of hydrogen-bond donors (Lipinski definition) is 0. The quantitative estimate of drug-likeness (QED) is 0.0410. The number of nitrogens with zero attached hydrogens (tertiary/aromatic N) is 1. The van der Waals surface area contributed by atoms with Crippen LogP contribution >= 0.6 is 0 Å². The summed E-state index contributed by atoms with van der Waals surface area (Å²) in [6, 6.07) is 77.7. The molecule has 0 aliphatic carbocycles.